The Morgan fingerprint density at radius 1 is 0.846 bits per heavy atom. The first-order valence-electron chi connectivity index (χ1n) is 17.2. The molecule has 1 fully saturated rings. The van der Waals surface area contributed by atoms with Gasteiger partial charge in [0.25, 0.3) is 5.69 Å². The number of nitrogens with one attached hydrogen (secondary N) is 1. The van der Waals surface area contributed by atoms with Gasteiger partial charge in [0.1, 0.15) is 0 Å². The van der Waals surface area contributed by atoms with Crippen LogP contribution in [0.2, 0.25) is 0 Å². The number of allylic oxidation sites excluding steroid dienone is 2. The van der Waals surface area contributed by atoms with Crippen LogP contribution >= 0.6 is 12.4 Å². The van der Waals surface area contributed by atoms with Gasteiger partial charge >= 0.3 is 11.9 Å². The smallest absolute Gasteiger partial charge is 0.336 e. The number of non-ortho nitro benzene ring substituents is 1. The van der Waals surface area contributed by atoms with Gasteiger partial charge in [0.05, 0.1) is 34.6 Å². The van der Waals surface area contributed by atoms with E-state index in [1.165, 1.54) is 35.0 Å². The van der Waals surface area contributed by atoms with E-state index in [1.54, 1.807) is 19.9 Å². The molecule has 2 N–H and O–H groups in total. The molecule has 11 heteroatoms. The van der Waals surface area contributed by atoms with Crippen molar-refractivity contribution in [2.75, 3.05) is 37.7 Å². The summed E-state index contributed by atoms with van der Waals surface area (Å²) in [4.78, 5) is 41.7. The molecule has 2 aliphatic heterocycles. The molecule has 4 aromatic carbocycles. The Hall–Kier alpha value is -5.45. The number of nitro benzene ring substituents is 1. The molecule has 1 saturated heterocycles. The molecule has 270 valence electrons. The molecular weight excluding hydrogens is 680 g/mol. The van der Waals surface area contributed by atoms with Crippen LogP contribution in [0.3, 0.4) is 0 Å². The van der Waals surface area contributed by atoms with E-state index < -0.39 is 22.8 Å². The topological polar surface area (TPSA) is 125 Å². The first kappa shape index (κ1) is 37.8. The Morgan fingerprint density at radius 2 is 1.44 bits per heavy atom. The zero-order valence-electron chi connectivity index (χ0n) is 29.2. The number of esters is 1. The summed E-state index contributed by atoms with van der Waals surface area (Å²) in [6.45, 7) is 7.15. The Balaban J connectivity index is 0.00000523. The standard InChI is InChI=1S/C41H42N4O6.ClH/c1-28-36(40(46)47)38(33-16-9-17-35(27-33)45(49)50)37(29(2)42-28)41(48)51-26-10-11-30-18-20-34(21-19-30)43-22-24-44(25-23-43)39(31-12-5-3-6-13-31)32-14-7-4-8-15-32;/h3-9,12-21,27,38-39,42H,10-11,22-26H2,1-2H3,(H,46,47);1H. The molecule has 4 aromatic rings. The Morgan fingerprint density at radius 3 is 2.02 bits per heavy atom. The maximum absolute atomic E-state index is 13.5. The number of nitrogens with zero attached hydrogens (tertiary/aromatic N) is 3. The average molecular weight is 723 g/mol. The summed E-state index contributed by atoms with van der Waals surface area (Å²) >= 11 is 0. The van der Waals surface area contributed by atoms with Crippen LogP contribution in [0.25, 0.3) is 0 Å². The number of hydrogen-bond acceptors (Lipinski definition) is 8. The molecule has 10 nitrogen and oxygen atoms in total. The second kappa shape index (κ2) is 17.2. The third kappa shape index (κ3) is 8.53. The molecule has 0 bridgehead atoms. The van der Waals surface area contributed by atoms with E-state index in [4.69, 9.17) is 4.74 Å². The van der Waals surface area contributed by atoms with Crippen molar-refractivity contribution in [3.05, 3.63) is 164 Å². The molecule has 1 unspecified atom stereocenters. The molecule has 0 aliphatic carbocycles. The van der Waals surface area contributed by atoms with Crippen molar-refractivity contribution in [2.45, 2.75) is 38.6 Å². The highest BCUT2D eigenvalue weighted by Crippen LogP contribution is 2.40. The van der Waals surface area contributed by atoms with Crippen molar-refractivity contribution in [1.82, 2.24) is 10.2 Å². The maximum Gasteiger partial charge on any atom is 0.336 e. The number of carboxylic acids is 1. The van der Waals surface area contributed by atoms with Crippen molar-refractivity contribution < 1.29 is 24.4 Å². The van der Waals surface area contributed by atoms with Gasteiger partial charge in [0.15, 0.2) is 0 Å². The number of halogens is 1. The predicted molar refractivity (Wildman–Crippen MR) is 203 cm³/mol. The first-order valence-corrected chi connectivity index (χ1v) is 17.2. The van der Waals surface area contributed by atoms with Crippen LogP contribution in [0.15, 0.2) is 132 Å². The second-order valence-corrected chi connectivity index (χ2v) is 12.9. The Labute approximate surface area is 310 Å². The number of aliphatic carboxylic acids is 1. The van der Waals surface area contributed by atoms with Crippen LogP contribution < -0.4 is 10.2 Å². The molecule has 0 amide bonds. The number of benzene rings is 4. The van der Waals surface area contributed by atoms with Crippen LogP contribution in [-0.4, -0.2) is 59.7 Å². The van der Waals surface area contributed by atoms with Crippen molar-refractivity contribution in [3.63, 3.8) is 0 Å². The van der Waals surface area contributed by atoms with Crippen molar-refractivity contribution in [1.29, 1.82) is 0 Å². The molecule has 52 heavy (non-hydrogen) atoms. The number of aryl methyl sites for hydroxylation is 1. The summed E-state index contributed by atoms with van der Waals surface area (Å²) in [6.07, 6.45) is 1.27. The molecule has 0 aromatic heterocycles. The second-order valence-electron chi connectivity index (χ2n) is 12.9. The van der Waals surface area contributed by atoms with Gasteiger partial charge in [0, 0.05) is 55.4 Å². The van der Waals surface area contributed by atoms with E-state index in [0.29, 0.717) is 29.8 Å². The van der Waals surface area contributed by atoms with Gasteiger partial charge < -0.3 is 20.1 Å². The zero-order chi connectivity index (χ0) is 35.9. The Kier molecular flexibility index (Phi) is 12.5. The number of piperazine rings is 1. The molecule has 0 radical (unpaired) electrons. The minimum Gasteiger partial charge on any atom is -0.478 e. The molecule has 0 saturated carbocycles. The number of rotatable bonds is 12. The summed E-state index contributed by atoms with van der Waals surface area (Å²) in [5, 5.41) is 24.5. The summed E-state index contributed by atoms with van der Waals surface area (Å²) in [6, 6.07) is 35.8. The highest BCUT2D eigenvalue weighted by molar-refractivity contribution is 5.99. The number of ether oxygens (including phenoxy) is 1. The van der Waals surface area contributed by atoms with Gasteiger partial charge in [-0.3, -0.25) is 15.0 Å². The van der Waals surface area contributed by atoms with Gasteiger partial charge in [-0.1, -0.05) is 84.9 Å². The summed E-state index contributed by atoms with van der Waals surface area (Å²) in [7, 11) is 0. The minimum absolute atomic E-state index is 0. The largest absolute Gasteiger partial charge is 0.478 e. The lowest BCUT2D eigenvalue weighted by molar-refractivity contribution is -0.384. The molecule has 2 aliphatic rings. The fourth-order valence-electron chi connectivity index (χ4n) is 7.21. The van der Waals surface area contributed by atoms with Gasteiger partial charge in [-0.25, -0.2) is 9.59 Å². The van der Waals surface area contributed by atoms with Crippen molar-refractivity contribution in [2.24, 2.45) is 0 Å². The monoisotopic (exact) mass is 722 g/mol. The van der Waals surface area contributed by atoms with E-state index in [1.807, 2.05) is 0 Å². The van der Waals surface area contributed by atoms with Gasteiger partial charge in [-0.15, -0.1) is 12.4 Å². The molecular formula is C41H43ClN4O6. The SMILES string of the molecule is CC1=C(C(=O)O)C(c2cccc([N+](=O)[O-])c2)C(C(=O)OCCCc2ccc(N3CCN(C(c4ccccc4)c4ccccc4)CC3)cc2)=C(C)N1.Cl. The average Bonchev–Trinajstić information content (AvgIpc) is 3.14. The highest BCUT2D eigenvalue weighted by Gasteiger charge is 2.38. The molecule has 1 atom stereocenters. The number of carboxylic acid groups (broad SMARTS) is 1. The fourth-order valence-corrected chi connectivity index (χ4v) is 7.21. The van der Waals surface area contributed by atoms with E-state index in [-0.39, 0.29) is 41.9 Å². The van der Waals surface area contributed by atoms with Gasteiger partial charge in [-0.2, -0.15) is 0 Å². The van der Waals surface area contributed by atoms with Crippen LogP contribution in [-0.2, 0) is 20.7 Å². The Bertz CT molecular complexity index is 1900. The zero-order valence-corrected chi connectivity index (χ0v) is 30.1. The molecule has 2 heterocycles. The van der Waals surface area contributed by atoms with E-state index in [0.717, 1.165) is 31.7 Å². The number of dihydropyridines is 1. The normalized spacial score (nSPS) is 16.3. The number of nitro groups is 1. The third-order valence-corrected chi connectivity index (χ3v) is 9.68. The van der Waals surface area contributed by atoms with Crippen LogP contribution in [0, 0.1) is 10.1 Å². The van der Waals surface area contributed by atoms with Crippen LogP contribution in [0.5, 0.6) is 0 Å². The predicted octanol–water partition coefficient (Wildman–Crippen LogP) is 7.42. The number of carbonyl (C=O) groups is 2. The van der Waals surface area contributed by atoms with Crippen molar-refractivity contribution in [3.8, 4) is 0 Å². The summed E-state index contributed by atoms with van der Waals surface area (Å²) in [5.41, 5.74) is 5.93. The lowest BCUT2D eigenvalue weighted by Crippen LogP contribution is -2.48. The van der Waals surface area contributed by atoms with E-state index in [2.05, 4.69) is 100 Å². The highest BCUT2D eigenvalue weighted by atomic mass is 35.5. The lowest BCUT2D eigenvalue weighted by atomic mass is 9.80. The molecule has 0 spiro atoms. The first-order chi connectivity index (χ1) is 24.7. The van der Waals surface area contributed by atoms with Crippen LogP contribution in [0.4, 0.5) is 11.4 Å². The third-order valence-electron chi connectivity index (χ3n) is 9.68. The lowest BCUT2D eigenvalue weighted by Gasteiger charge is -2.40. The van der Waals surface area contributed by atoms with E-state index >= 15 is 0 Å². The summed E-state index contributed by atoms with van der Waals surface area (Å²) in [5.74, 6) is -2.89. The fraction of sp³-hybridized carbons (Fsp3) is 0.268. The summed E-state index contributed by atoms with van der Waals surface area (Å²) < 4.78 is 5.68. The maximum atomic E-state index is 13.5. The van der Waals surface area contributed by atoms with Crippen LogP contribution in [0.1, 0.15) is 54.5 Å². The van der Waals surface area contributed by atoms with Gasteiger partial charge in [-0.05, 0) is 61.1 Å². The quantitative estimate of drug-likeness (QED) is 0.0665. The minimum atomic E-state index is -1.22. The van der Waals surface area contributed by atoms with Crippen molar-refractivity contribution >= 4 is 35.7 Å². The number of hydrogen-bond donors (Lipinski definition) is 2. The number of anilines is 1. The van der Waals surface area contributed by atoms with Gasteiger partial charge in [0.2, 0.25) is 0 Å². The van der Waals surface area contributed by atoms with E-state index in [9.17, 15) is 24.8 Å². The number of carbonyl (C=O) groups excluding carboxylic acids is 1. The molecule has 6 rings (SSSR count).